The van der Waals surface area contributed by atoms with Crippen molar-refractivity contribution in [3.05, 3.63) is 39.9 Å². The van der Waals surface area contributed by atoms with Crippen LogP contribution >= 0.6 is 0 Å². The minimum atomic E-state index is -0.429. The van der Waals surface area contributed by atoms with Gasteiger partial charge >= 0.3 is 0 Å². The molecule has 6 nitrogen and oxygen atoms in total. The van der Waals surface area contributed by atoms with Gasteiger partial charge in [-0.15, -0.1) is 0 Å². The monoisotopic (exact) mass is 263 g/mol. The molecule has 1 saturated heterocycles. The van der Waals surface area contributed by atoms with E-state index < -0.39 is 4.92 Å². The molecule has 1 aromatic rings. The van der Waals surface area contributed by atoms with Gasteiger partial charge in [0.25, 0.3) is 5.69 Å². The second-order valence-electron chi connectivity index (χ2n) is 4.85. The van der Waals surface area contributed by atoms with E-state index in [9.17, 15) is 14.9 Å². The van der Waals surface area contributed by atoms with E-state index in [4.69, 9.17) is 0 Å². The van der Waals surface area contributed by atoms with E-state index in [-0.39, 0.29) is 24.1 Å². The molecule has 102 valence electrons. The maximum atomic E-state index is 12.0. The van der Waals surface area contributed by atoms with Crippen LogP contribution in [0.25, 0.3) is 0 Å². The summed E-state index contributed by atoms with van der Waals surface area (Å²) in [4.78, 5) is 22.4. The van der Waals surface area contributed by atoms with E-state index in [1.165, 1.54) is 6.07 Å². The Morgan fingerprint density at radius 1 is 1.47 bits per heavy atom. The summed E-state index contributed by atoms with van der Waals surface area (Å²) in [7, 11) is 0. The largest absolute Gasteiger partial charge is 0.351 e. The summed E-state index contributed by atoms with van der Waals surface area (Å²) in [5.74, 6) is 0.198. The highest BCUT2D eigenvalue weighted by Crippen LogP contribution is 2.19. The number of nitro benzene ring substituents is 1. The average Bonchev–Trinajstić information content (AvgIpc) is 2.82. The number of nitro groups is 1. The van der Waals surface area contributed by atoms with Crippen molar-refractivity contribution in [1.82, 2.24) is 10.6 Å². The molecule has 1 aromatic carbocycles. The lowest BCUT2D eigenvalue weighted by Crippen LogP contribution is -2.34. The molecule has 6 heteroatoms. The number of nitrogens with zero attached hydrogens (tertiary/aromatic N) is 1. The number of rotatable bonds is 4. The van der Waals surface area contributed by atoms with E-state index in [1.807, 2.05) is 6.92 Å². The van der Waals surface area contributed by atoms with Crippen LogP contribution in [-0.4, -0.2) is 23.9 Å². The highest BCUT2D eigenvalue weighted by Gasteiger charge is 2.29. The van der Waals surface area contributed by atoms with Crippen LogP contribution in [0.2, 0.25) is 0 Å². The van der Waals surface area contributed by atoms with Gasteiger partial charge in [0.15, 0.2) is 0 Å². The SMILES string of the molecule is CC1CNCC1C(=O)NCc1ccccc1[N+](=O)[O-]. The molecule has 2 rings (SSSR count). The summed E-state index contributed by atoms with van der Waals surface area (Å²) in [5, 5.41) is 16.8. The molecule has 2 atom stereocenters. The number of nitrogens with one attached hydrogen (secondary N) is 2. The minimum absolute atomic E-state index is 0.0420. The fourth-order valence-corrected chi connectivity index (χ4v) is 2.31. The van der Waals surface area contributed by atoms with Gasteiger partial charge in [-0.1, -0.05) is 25.1 Å². The maximum Gasteiger partial charge on any atom is 0.274 e. The predicted molar refractivity (Wildman–Crippen MR) is 70.5 cm³/mol. The fourth-order valence-electron chi connectivity index (χ4n) is 2.31. The number of para-hydroxylation sites is 1. The van der Waals surface area contributed by atoms with Crippen LogP contribution in [0.15, 0.2) is 24.3 Å². The van der Waals surface area contributed by atoms with Crippen LogP contribution in [0.4, 0.5) is 5.69 Å². The number of carbonyl (C=O) groups is 1. The van der Waals surface area contributed by atoms with Crippen molar-refractivity contribution in [2.75, 3.05) is 13.1 Å². The van der Waals surface area contributed by atoms with Crippen LogP contribution < -0.4 is 10.6 Å². The molecule has 0 aromatic heterocycles. The number of carbonyl (C=O) groups excluding carboxylic acids is 1. The van der Waals surface area contributed by atoms with Crippen molar-refractivity contribution in [3.8, 4) is 0 Å². The van der Waals surface area contributed by atoms with Crippen molar-refractivity contribution in [2.24, 2.45) is 11.8 Å². The van der Waals surface area contributed by atoms with Crippen LogP contribution in [0.3, 0.4) is 0 Å². The number of hydrogen-bond donors (Lipinski definition) is 2. The van der Waals surface area contributed by atoms with Crippen LogP contribution in [0, 0.1) is 22.0 Å². The molecule has 1 aliphatic heterocycles. The van der Waals surface area contributed by atoms with Gasteiger partial charge in [0.2, 0.25) is 5.91 Å². The van der Waals surface area contributed by atoms with E-state index in [2.05, 4.69) is 10.6 Å². The van der Waals surface area contributed by atoms with E-state index in [0.717, 1.165) is 6.54 Å². The van der Waals surface area contributed by atoms with Crippen LogP contribution in [-0.2, 0) is 11.3 Å². The molecule has 2 N–H and O–H groups in total. The van der Waals surface area contributed by atoms with E-state index in [1.54, 1.807) is 18.2 Å². The van der Waals surface area contributed by atoms with Gasteiger partial charge in [-0.2, -0.15) is 0 Å². The first kappa shape index (κ1) is 13.5. The summed E-state index contributed by atoms with van der Waals surface area (Å²) in [6.07, 6.45) is 0. The third-order valence-corrected chi connectivity index (χ3v) is 3.50. The summed E-state index contributed by atoms with van der Waals surface area (Å²) in [6, 6.07) is 6.45. The molecule has 1 aliphatic rings. The smallest absolute Gasteiger partial charge is 0.274 e. The van der Waals surface area contributed by atoms with E-state index >= 15 is 0 Å². The summed E-state index contributed by atoms with van der Waals surface area (Å²) < 4.78 is 0. The maximum absolute atomic E-state index is 12.0. The van der Waals surface area contributed by atoms with Crippen LogP contribution in [0.5, 0.6) is 0 Å². The second-order valence-corrected chi connectivity index (χ2v) is 4.85. The molecular weight excluding hydrogens is 246 g/mol. The van der Waals surface area contributed by atoms with Crippen molar-refractivity contribution in [2.45, 2.75) is 13.5 Å². The average molecular weight is 263 g/mol. The number of hydrogen-bond acceptors (Lipinski definition) is 4. The Kier molecular flexibility index (Phi) is 4.11. The Labute approximate surface area is 111 Å². The molecule has 19 heavy (non-hydrogen) atoms. The van der Waals surface area contributed by atoms with Crippen molar-refractivity contribution in [3.63, 3.8) is 0 Å². The number of benzene rings is 1. The van der Waals surface area contributed by atoms with Gasteiger partial charge in [-0.3, -0.25) is 14.9 Å². The van der Waals surface area contributed by atoms with E-state index in [0.29, 0.717) is 18.0 Å². The third kappa shape index (κ3) is 3.08. The second kappa shape index (κ2) is 5.79. The standard InChI is InChI=1S/C13H17N3O3/c1-9-6-14-8-11(9)13(17)15-7-10-4-2-3-5-12(10)16(18)19/h2-5,9,11,14H,6-8H2,1H3,(H,15,17). The molecule has 2 unspecified atom stereocenters. The van der Waals surface area contributed by atoms with Crippen molar-refractivity contribution >= 4 is 11.6 Å². The molecule has 0 bridgehead atoms. The molecule has 0 saturated carbocycles. The zero-order chi connectivity index (χ0) is 13.8. The Bertz CT molecular complexity index is 490. The first-order chi connectivity index (χ1) is 9.09. The fraction of sp³-hybridized carbons (Fsp3) is 0.462. The van der Waals surface area contributed by atoms with Gasteiger partial charge in [-0.05, 0) is 12.5 Å². The highest BCUT2D eigenvalue weighted by atomic mass is 16.6. The Morgan fingerprint density at radius 2 is 2.21 bits per heavy atom. The topological polar surface area (TPSA) is 84.3 Å². The summed E-state index contributed by atoms with van der Waals surface area (Å²) >= 11 is 0. The third-order valence-electron chi connectivity index (χ3n) is 3.50. The first-order valence-electron chi connectivity index (χ1n) is 6.30. The normalized spacial score (nSPS) is 22.2. The molecule has 0 radical (unpaired) electrons. The molecule has 1 amide bonds. The Morgan fingerprint density at radius 3 is 2.84 bits per heavy atom. The van der Waals surface area contributed by atoms with Crippen molar-refractivity contribution in [1.29, 1.82) is 0 Å². The lowest BCUT2D eigenvalue weighted by atomic mass is 9.97. The zero-order valence-electron chi connectivity index (χ0n) is 10.8. The molecular formula is C13H17N3O3. The van der Waals surface area contributed by atoms with Gasteiger partial charge in [0, 0.05) is 24.7 Å². The first-order valence-corrected chi connectivity index (χ1v) is 6.30. The number of amides is 1. The van der Waals surface area contributed by atoms with Gasteiger partial charge < -0.3 is 10.6 Å². The Hall–Kier alpha value is -1.95. The lowest BCUT2D eigenvalue weighted by Gasteiger charge is -2.14. The van der Waals surface area contributed by atoms with Gasteiger partial charge in [0.05, 0.1) is 10.8 Å². The predicted octanol–water partition coefficient (Wildman–Crippen LogP) is 1.07. The molecule has 1 fully saturated rings. The quantitative estimate of drug-likeness (QED) is 0.628. The zero-order valence-corrected chi connectivity index (χ0v) is 10.8. The highest BCUT2D eigenvalue weighted by molar-refractivity contribution is 5.79. The summed E-state index contributed by atoms with van der Waals surface area (Å²) in [5.41, 5.74) is 0.569. The van der Waals surface area contributed by atoms with Crippen LogP contribution in [0.1, 0.15) is 12.5 Å². The van der Waals surface area contributed by atoms with Gasteiger partial charge in [-0.25, -0.2) is 0 Å². The molecule has 0 spiro atoms. The Balaban J connectivity index is 1.99. The minimum Gasteiger partial charge on any atom is -0.351 e. The molecule has 0 aliphatic carbocycles. The molecule has 1 heterocycles. The van der Waals surface area contributed by atoms with Gasteiger partial charge in [0.1, 0.15) is 0 Å². The lowest BCUT2D eigenvalue weighted by molar-refractivity contribution is -0.385. The summed E-state index contributed by atoms with van der Waals surface area (Å²) in [6.45, 7) is 3.72. The van der Waals surface area contributed by atoms with Crippen molar-refractivity contribution < 1.29 is 9.72 Å².